The maximum atomic E-state index is 16.8. The number of esters is 1. The second-order valence-corrected chi connectivity index (χ2v) is 12.8. The van der Waals surface area contributed by atoms with E-state index in [1.807, 2.05) is 41.3 Å². The molecule has 44 heavy (non-hydrogen) atoms. The Morgan fingerprint density at radius 2 is 1.93 bits per heavy atom. The van der Waals surface area contributed by atoms with E-state index in [1.165, 1.54) is 0 Å². The monoisotopic (exact) mass is 599 g/mol. The van der Waals surface area contributed by atoms with Gasteiger partial charge in [-0.3, -0.25) is 14.7 Å². The highest BCUT2D eigenvalue weighted by Gasteiger charge is 2.49. The number of aromatic nitrogens is 3. The van der Waals surface area contributed by atoms with E-state index in [1.54, 1.807) is 6.20 Å². The van der Waals surface area contributed by atoms with Crippen molar-refractivity contribution >= 4 is 33.5 Å². The number of piperidine rings is 1. The first kappa shape index (κ1) is 27.6. The van der Waals surface area contributed by atoms with Crippen LogP contribution in [0.2, 0.25) is 0 Å². The number of rotatable bonds is 3. The first-order valence-corrected chi connectivity index (χ1v) is 15.8. The fourth-order valence-electron chi connectivity index (χ4n) is 7.88. The molecule has 2 aromatic heterocycles. The Kier molecular flexibility index (Phi) is 6.85. The number of hydrogen-bond donors (Lipinski definition) is 0. The third-order valence-electron chi connectivity index (χ3n) is 9.92. The molecule has 0 aliphatic carbocycles. The molecule has 0 amide bonds. The number of alkyl halides is 1. The van der Waals surface area contributed by atoms with Crippen LogP contribution < -0.4 is 9.64 Å². The first-order valence-electron chi connectivity index (χ1n) is 15.8. The van der Waals surface area contributed by atoms with Crippen molar-refractivity contribution in [1.82, 2.24) is 19.9 Å². The number of carbonyl (C=O) groups is 1. The Balaban J connectivity index is 1.28. The molecule has 3 saturated heterocycles. The highest BCUT2D eigenvalue weighted by molar-refractivity contribution is 6.00. The van der Waals surface area contributed by atoms with E-state index in [-0.39, 0.29) is 35.9 Å². The van der Waals surface area contributed by atoms with E-state index in [0.29, 0.717) is 62.1 Å². The summed E-state index contributed by atoms with van der Waals surface area (Å²) in [4.78, 5) is 31.2. The lowest BCUT2D eigenvalue weighted by atomic mass is 9.94. The summed E-state index contributed by atoms with van der Waals surface area (Å²) in [6.45, 7) is 2.60. The normalized spacial score (nSPS) is 25.6. The molecule has 9 rings (SSSR count). The van der Waals surface area contributed by atoms with E-state index in [4.69, 9.17) is 14.5 Å². The number of aryl methyl sites for hydroxylation is 1. The molecule has 0 N–H and O–H groups in total. The number of anilines is 1. The standard InChI is InChI=1S/C34H35F2N5O3/c35-23-16-34(13-5-15-41(34)18-23)20-43-33-38-31-26-17-37-30(29(31)36)25-11-2-8-21-6-1-7-22(28(21)25)9-3-12-27(42)44-24-10-4-14-40(19-24)32(26)39-33/h1-2,6-8,11,17,23-24H,3-5,9-10,12-16,18-20H2/t23-,24-,34+/m1/s1. The SMILES string of the molecule is O=C1CCCc2cccc3cccc(c23)-c2ncc3c(nc(OC[C@@]45CCCN4C[C@H](F)C5)nc3c2F)N2CCC[C@H](C2)O1. The summed E-state index contributed by atoms with van der Waals surface area (Å²) in [5, 5.41) is 2.36. The van der Waals surface area contributed by atoms with Crippen LogP contribution in [0.3, 0.4) is 0 Å². The Morgan fingerprint density at radius 3 is 2.84 bits per heavy atom. The summed E-state index contributed by atoms with van der Waals surface area (Å²) in [7, 11) is 0. The second-order valence-electron chi connectivity index (χ2n) is 12.8. The van der Waals surface area contributed by atoms with Gasteiger partial charge in [0.05, 0.1) is 17.5 Å². The number of fused-ring (bicyclic) bond motifs is 6. The van der Waals surface area contributed by atoms with E-state index < -0.39 is 17.5 Å². The second kappa shape index (κ2) is 10.9. The zero-order valence-electron chi connectivity index (χ0n) is 24.6. The Morgan fingerprint density at radius 1 is 1.05 bits per heavy atom. The van der Waals surface area contributed by atoms with Gasteiger partial charge in [-0.15, -0.1) is 0 Å². The van der Waals surface area contributed by atoms with Gasteiger partial charge in [0.25, 0.3) is 0 Å². The molecule has 0 spiro atoms. The van der Waals surface area contributed by atoms with Crippen molar-refractivity contribution in [1.29, 1.82) is 0 Å². The summed E-state index contributed by atoms with van der Waals surface area (Å²) in [6, 6.07) is 11.9. The van der Waals surface area contributed by atoms with Gasteiger partial charge in [-0.2, -0.15) is 9.97 Å². The van der Waals surface area contributed by atoms with Gasteiger partial charge in [-0.25, -0.2) is 8.78 Å². The average molecular weight is 600 g/mol. The number of ether oxygens (including phenoxy) is 2. The van der Waals surface area contributed by atoms with E-state index in [9.17, 15) is 9.18 Å². The van der Waals surface area contributed by atoms with Crippen molar-refractivity contribution < 1.29 is 23.0 Å². The Bertz CT molecular complexity index is 1760. The van der Waals surface area contributed by atoms with Gasteiger partial charge in [0.1, 0.15) is 35.9 Å². The van der Waals surface area contributed by atoms with E-state index in [2.05, 4.69) is 14.9 Å². The van der Waals surface area contributed by atoms with Crippen molar-refractivity contribution in [2.24, 2.45) is 0 Å². The van der Waals surface area contributed by atoms with Crippen molar-refractivity contribution in [3.8, 4) is 17.3 Å². The Hall–Kier alpha value is -3.92. The number of carbonyl (C=O) groups excluding carboxylic acids is 1. The summed E-state index contributed by atoms with van der Waals surface area (Å²) < 4.78 is 43.4. The molecule has 5 aliphatic heterocycles. The zero-order valence-corrected chi connectivity index (χ0v) is 24.6. The number of benzene rings is 2. The van der Waals surface area contributed by atoms with Gasteiger partial charge >= 0.3 is 12.0 Å². The van der Waals surface area contributed by atoms with E-state index >= 15 is 4.39 Å². The predicted octanol–water partition coefficient (Wildman–Crippen LogP) is 5.79. The molecule has 5 aliphatic rings. The minimum absolute atomic E-state index is 0.0610. The quantitative estimate of drug-likeness (QED) is 0.274. The lowest BCUT2D eigenvalue weighted by Gasteiger charge is -2.34. The lowest BCUT2D eigenvalue weighted by Crippen LogP contribution is -2.43. The van der Waals surface area contributed by atoms with Crippen LogP contribution >= 0.6 is 0 Å². The molecule has 4 aromatic rings. The smallest absolute Gasteiger partial charge is 0.319 e. The molecule has 2 aromatic carbocycles. The summed E-state index contributed by atoms with van der Waals surface area (Å²) in [5.74, 6) is -0.235. The van der Waals surface area contributed by atoms with Gasteiger partial charge in [-0.05, 0) is 61.4 Å². The van der Waals surface area contributed by atoms with Crippen LogP contribution in [0.25, 0.3) is 32.9 Å². The molecule has 10 heteroatoms. The maximum absolute atomic E-state index is 16.8. The highest BCUT2D eigenvalue weighted by Crippen LogP contribution is 2.41. The number of hydrogen-bond acceptors (Lipinski definition) is 8. The van der Waals surface area contributed by atoms with Crippen LogP contribution in [0.15, 0.2) is 42.6 Å². The van der Waals surface area contributed by atoms with Crippen molar-refractivity contribution in [2.45, 2.75) is 69.2 Å². The molecule has 0 radical (unpaired) electrons. The molecule has 7 heterocycles. The zero-order chi connectivity index (χ0) is 29.8. The topological polar surface area (TPSA) is 80.7 Å². The predicted molar refractivity (Wildman–Crippen MR) is 163 cm³/mol. The molecule has 6 bridgehead atoms. The maximum Gasteiger partial charge on any atom is 0.319 e. The van der Waals surface area contributed by atoms with Crippen molar-refractivity contribution in [2.75, 3.05) is 37.7 Å². The minimum Gasteiger partial charge on any atom is -0.461 e. The van der Waals surface area contributed by atoms with Gasteiger partial charge < -0.3 is 14.4 Å². The number of nitrogens with zero attached hydrogens (tertiary/aromatic N) is 5. The molecule has 3 atom stereocenters. The van der Waals surface area contributed by atoms with Crippen LogP contribution in [-0.4, -0.2) is 76.4 Å². The van der Waals surface area contributed by atoms with Gasteiger partial charge in [0.2, 0.25) is 0 Å². The molecule has 8 nitrogen and oxygen atoms in total. The molecule has 0 saturated carbocycles. The van der Waals surface area contributed by atoms with Gasteiger partial charge in [0, 0.05) is 37.7 Å². The third kappa shape index (κ3) is 4.74. The molecular weight excluding hydrogens is 564 g/mol. The first-order chi connectivity index (χ1) is 21.5. The largest absolute Gasteiger partial charge is 0.461 e. The average Bonchev–Trinajstić information content (AvgIpc) is 3.55. The third-order valence-corrected chi connectivity index (χ3v) is 9.92. The van der Waals surface area contributed by atoms with Crippen LogP contribution in [0.1, 0.15) is 50.5 Å². The van der Waals surface area contributed by atoms with Crippen LogP contribution in [0.4, 0.5) is 14.6 Å². The molecule has 3 fully saturated rings. The van der Waals surface area contributed by atoms with Gasteiger partial charge in [-0.1, -0.05) is 36.4 Å². The Labute approximate surface area is 254 Å². The van der Waals surface area contributed by atoms with Crippen LogP contribution in [0, 0.1) is 5.82 Å². The van der Waals surface area contributed by atoms with Crippen LogP contribution in [0.5, 0.6) is 6.01 Å². The van der Waals surface area contributed by atoms with E-state index in [0.717, 1.165) is 48.6 Å². The number of halogens is 2. The number of pyridine rings is 1. The minimum atomic E-state index is -0.886. The van der Waals surface area contributed by atoms with Gasteiger partial charge in [0.15, 0.2) is 5.82 Å². The fraction of sp³-hybridized carbons (Fsp3) is 0.471. The highest BCUT2D eigenvalue weighted by atomic mass is 19.1. The van der Waals surface area contributed by atoms with Crippen LogP contribution in [-0.2, 0) is 16.0 Å². The molecule has 0 unspecified atom stereocenters. The lowest BCUT2D eigenvalue weighted by molar-refractivity contribution is -0.149. The summed E-state index contributed by atoms with van der Waals surface area (Å²) in [5.41, 5.74) is 1.65. The van der Waals surface area contributed by atoms with Crippen molar-refractivity contribution in [3.63, 3.8) is 0 Å². The van der Waals surface area contributed by atoms with Crippen molar-refractivity contribution in [3.05, 3.63) is 54.0 Å². The summed E-state index contributed by atoms with van der Waals surface area (Å²) in [6.07, 6.45) is 5.85. The fourth-order valence-corrected chi connectivity index (χ4v) is 7.88. The molecule has 228 valence electrons. The molecular formula is C34H35F2N5O3. The summed E-state index contributed by atoms with van der Waals surface area (Å²) >= 11 is 0.